The fourth-order valence-electron chi connectivity index (χ4n) is 3.55. The van der Waals surface area contributed by atoms with Crippen LogP contribution in [0.3, 0.4) is 0 Å². The lowest BCUT2D eigenvalue weighted by molar-refractivity contribution is -0.129. The maximum atomic E-state index is 11.9. The van der Waals surface area contributed by atoms with E-state index in [1.54, 1.807) is 11.3 Å². The van der Waals surface area contributed by atoms with E-state index in [0.717, 1.165) is 58.8 Å². The van der Waals surface area contributed by atoms with Crippen molar-refractivity contribution >= 4 is 57.4 Å². The van der Waals surface area contributed by atoms with E-state index in [1.807, 2.05) is 49.1 Å². The normalized spacial score (nSPS) is 16.4. The van der Waals surface area contributed by atoms with Gasteiger partial charge in [0.1, 0.15) is 12.3 Å². The summed E-state index contributed by atoms with van der Waals surface area (Å²) in [5, 5.41) is 7.60. The van der Waals surface area contributed by atoms with Crippen LogP contribution in [-0.4, -0.2) is 47.4 Å². The molecule has 1 saturated heterocycles. The number of carbonyl (C=O) groups excluding carboxylic acids is 1. The third kappa shape index (κ3) is 5.76. The van der Waals surface area contributed by atoms with Gasteiger partial charge in [0.05, 0.1) is 10.2 Å². The Morgan fingerprint density at radius 3 is 2.90 bits per heavy atom. The Morgan fingerprint density at radius 1 is 1.29 bits per heavy atom. The number of nitrogens with one attached hydrogen (secondary N) is 2. The average molecular weight is 553 g/mol. The van der Waals surface area contributed by atoms with Crippen molar-refractivity contribution in [3.05, 3.63) is 42.2 Å². The van der Waals surface area contributed by atoms with Crippen LogP contribution in [0.25, 0.3) is 21.0 Å². The van der Waals surface area contributed by atoms with Crippen LogP contribution in [0, 0.1) is 0 Å². The molecule has 0 bridgehead atoms. The standard InChI is InChI=1S/C22H27N5O2S.HI/c1-3-20(28)27-12-11-15(14-27)25-22(23-4-2)24-13-16-9-10-18(29-16)21-26-17-7-5-6-8-19(17)30-21;/h5-10,15H,3-4,11-14H2,1-2H3,(H2,23,24,25);1H. The molecule has 31 heavy (non-hydrogen) atoms. The summed E-state index contributed by atoms with van der Waals surface area (Å²) in [6.07, 6.45) is 1.48. The van der Waals surface area contributed by atoms with Crippen LogP contribution < -0.4 is 10.6 Å². The summed E-state index contributed by atoms with van der Waals surface area (Å²) in [4.78, 5) is 23.1. The van der Waals surface area contributed by atoms with Crippen molar-refractivity contribution in [1.82, 2.24) is 20.5 Å². The predicted octanol–water partition coefficient (Wildman–Crippen LogP) is 4.24. The Labute approximate surface area is 203 Å². The number of carbonyl (C=O) groups is 1. The number of likely N-dealkylation sites (tertiary alicyclic amines) is 1. The van der Waals surface area contributed by atoms with Gasteiger partial charge in [-0.2, -0.15) is 0 Å². The lowest BCUT2D eigenvalue weighted by Crippen LogP contribution is -2.45. The minimum atomic E-state index is 0. The Bertz CT molecular complexity index is 1010. The summed E-state index contributed by atoms with van der Waals surface area (Å²) in [6, 6.07) is 12.2. The number of amides is 1. The molecule has 1 atom stereocenters. The van der Waals surface area contributed by atoms with E-state index in [1.165, 1.54) is 0 Å². The van der Waals surface area contributed by atoms with Crippen molar-refractivity contribution in [3.63, 3.8) is 0 Å². The van der Waals surface area contributed by atoms with Gasteiger partial charge < -0.3 is 20.0 Å². The highest BCUT2D eigenvalue weighted by atomic mass is 127. The summed E-state index contributed by atoms with van der Waals surface area (Å²) >= 11 is 1.62. The Kier molecular flexibility index (Phi) is 8.30. The van der Waals surface area contributed by atoms with Crippen LogP contribution in [0.4, 0.5) is 0 Å². The predicted molar refractivity (Wildman–Crippen MR) is 136 cm³/mol. The number of aliphatic imine (C=N–C) groups is 1. The number of furan rings is 1. The van der Waals surface area contributed by atoms with Crippen LogP contribution in [0.1, 0.15) is 32.4 Å². The van der Waals surface area contributed by atoms with Crippen LogP contribution in [0.5, 0.6) is 0 Å². The zero-order chi connectivity index (χ0) is 20.9. The quantitative estimate of drug-likeness (QED) is 0.271. The molecule has 0 spiro atoms. The molecular formula is C22H28IN5O2S. The molecule has 2 N–H and O–H groups in total. The third-order valence-electron chi connectivity index (χ3n) is 5.09. The number of hydrogen-bond donors (Lipinski definition) is 2. The van der Waals surface area contributed by atoms with Gasteiger partial charge in [-0.1, -0.05) is 19.1 Å². The number of nitrogens with zero attached hydrogens (tertiary/aromatic N) is 3. The van der Waals surface area contributed by atoms with Gasteiger partial charge in [0.15, 0.2) is 16.7 Å². The molecule has 0 saturated carbocycles. The van der Waals surface area contributed by atoms with Crippen LogP contribution in [0.15, 0.2) is 45.8 Å². The Morgan fingerprint density at radius 2 is 2.13 bits per heavy atom. The fraction of sp³-hybridized carbons (Fsp3) is 0.409. The molecule has 0 radical (unpaired) electrons. The van der Waals surface area contributed by atoms with Gasteiger partial charge in [-0.15, -0.1) is 35.3 Å². The van der Waals surface area contributed by atoms with Gasteiger partial charge in [0.25, 0.3) is 0 Å². The SMILES string of the molecule is CCNC(=NCc1ccc(-c2nc3ccccc3s2)o1)NC1CCN(C(=O)CC)C1.I. The molecular weight excluding hydrogens is 525 g/mol. The van der Waals surface area contributed by atoms with Gasteiger partial charge in [0.2, 0.25) is 5.91 Å². The maximum Gasteiger partial charge on any atom is 0.222 e. The van der Waals surface area contributed by atoms with Crippen molar-refractivity contribution in [3.8, 4) is 10.8 Å². The summed E-state index contributed by atoms with van der Waals surface area (Å²) in [7, 11) is 0. The number of benzene rings is 1. The van der Waals surface area contributed by atoms with Crippen molar-refractivity contribution in [2.45, 2.75) is 39.3 Å². The first kappa shape index (κ1) is 23.5. The summed E-state index contributed by atoms with van der Waals surface area (Å²) in [5.41, 5.74) is 0.985. The summed E-state index contributed by atoms with van der Waals surface area (Å²) < 4.78 is 7.14. The molecule has 2 aromatic heterocycles. The lowest BCUT2D eigenvalue weighted by Gasteiger charge is -2.18. The van der Waals surface area contributed by atoms with Crippen LogP contribution in [-0.2, 0) is 11.3 Å². The molecule has 1 unspecified atom stereocenters. The van der Waals surface area contributed by atoms with Gasteiger partial charge in [-0.25, -0.2) is 9.98 Å². The molecule has 0 aliphatic carbocycles. The van der Waals surface area contributed by atoms with E-state index in [4.69, 9.17) is 4.42 Å². The molecule has 166 valence electrons. The highest BCUT2D eigenvalue weighted by Gasteiger charge is 2.25. The highest BCUT2D eigenvalue weighted by molar-refractivity contribution is 14.0. The second-order valence-corrected chi connectivity index (χ2v) is 8.30. The van der Waals surface area contributed by atoms with Crippen molar-refractivity contribution < 1.29 is 9.21 Å². The Hall–Kier alpha value is -2.14. The van der Waals surface area contributed by atoms with Gasteiger partial charge in [-0.3, -0.25) is 4.79 Å². The number of fused-ring (bicyclic) bond motifs is 1. The molecule has 7 nitrogen and oxygen atoms in total. The van der Waals surface area contributed by atoms with Crippen molar-refractivity contribution in [2.24, 2.45) is 4.99 Å². The van der Waals surface area contributed by atoms with E-state index in [2.05, 4.69) is 26.7 Å². The number of rotatable bonds is 6. The second-order valence-electron chi connectivity index (χ2n) is 7.27. The fourth-order valence-corrected chi connectivity index (χ4v) is 4.48. The molecule has 1 fully saturated rings. The van der Waals surface area contributed by atoms with E-state index in [0.29, 0.717) is 13.0 Å². The number of guanidine groups is 1. The third-order valence-corrected chi connectivity index (χ3v) is 6.14. The second kappa shape index (κ2) is 10.9. The smallest absolute Gasteiger partial charge is 0.222 e. The average Bonchev–Trinajstić information content (AvgIpc) is 3.50. The minimum absolute atomic E-state index is 0. The van der Waals surface area contributed by atoms with Crippen LogP contribution in [0.2, 0.25) is 0 Å². The zero-order valence-corrected chi connectivity index (χ0v) is 20.9. The van der Waals surface area contributed by atoms with E-state index in [9.17, 15) is 4.79 Å². The number of para-hydroxylation sites is 1. The number of hydrogen-bond acceptors (Lipinski definition) is 5. The van der Waals surface area contributed by atoms with E-state index in [-0.39, 0.29) is 35.9 Å². The molecule has 1 aliphatic heterocycles. The molecule has 1 amide bonds. The minimum Gasteiger partial charge on any atom is -0.457 e. The molecule has 4 rings (SSSR count). The Balaban J connectivity index is 0.00000272. The highest BCUT2D eigenvalue weighted by Crippen LogP contribution is 2.31. The van der Waals surface area contributed by atoms with E-state index >= 15 is 0 Å². The molecule has 3 aromatic rings. The number of halogens is 1. The topological polar surface area (TPSA) is 82.8 Å². The first-order valence-electron chi connectivity index (χ1n) is 10.4. The van der Waals surface area contributed by atoms with E-state index < -0.39 is 0 Å². The zero-order valence-electron chi connectivity index (χ0n) is 17.8. The first-order valence-corrected chi connectivity index (χ1v) is 11.2. The molecule has 1 aliphatic rings. The monoisotopic (exact) mass is 553 g/mol. The van der Waals surface area contributed by atoms with Crippen molar-refractivity contribution in [1.29, 1.82) is 0 Å². The van der Waals surface area contributed by atoms with Gasteiger partial charge >= 0.3 is 0 Å². The summed E-state index contributed by atoms with van der Waals surface area (Å²) in [6.45, 7) is 6.67. The van der Waals surface area contributed by atoms with Gasteiger partial charge in [0, 0.05) is 32.1 Å². The first-order chi connectivity index (χ1) is 14.7. The van der Waals surface area contributed by atoms with Gasteiger partial charge in [-0.05, 0) is 37.6 Å². The van der Waals surface area contributed by atoms with Crippen LogP contribution >= 0.6 is 35.3 Å². The maximum absolute atomic E-state index is 11.9. The largest absolute Gasteiger partial charge is 0.457 e. The molecule has 3 heterocycles. The number of thiazole rings is 1. The molecule has 9 heteroatoms. The number of aromatic nitrogens is 1. The lowest BCUT2D eigenvalue weighted by atomic mass is 10.3. The summed E-state index contributed by atoms with van der Waals surface area (Å²) in [5.74, 6) is 2.50. The van der Waals surface area contributed by atoms with Crippen molar-refractivity contribution in [2.75, 3.05) is 19.6 Å². The molecule has 1 aromatic carbocycles.